The second kappa shape index (κ2) is 4.53. The van der Waals surface area contributed by atoms with E-state index in [2.05, 4.69) is 10.2 Å². The summed E-state index contributed by atoms with van der Waals surface area (Å²) in [4.78, 5) is 14.1. The molecule has 0 radical (unpaired) electrons. The predicted molar refractivity (Wildman–Crippen MR) is 59.2 cm³/mol. The van der Waals surface area contributed by atoms with Crippen LogP contribution in [0.4, 0.5) is 0 Å². The number of nitrogens with one attached hydrogen (secondary N) is 1. The number of rotatable bonds is 1. The van der Waals surface area contributed by atoms with Crippen molar-refractivity contribution in [2.75, 3.05) is 25.4 Å². The van der Waals surface area contributed by atoms with Crippen LogP contribution in [0.1, 0.15) is 19.8 Å². The first-order chi connectivity index (χ1) is 6.79. The van der Waals surface area contributed by atoms with Gasteiger partial charge in [-0.1, -0.05) is 6.92 Å². The Hall–Kier alpha value is -0.220. The van der Waals surface area contributed by atoms with Crippen molar-refractivity contribution in [3.63, 3.8) is 0 Å². The fourth-order valence-electron chi connectivity index (χ4n) is 2.09. The molecule has 0 aromatic heterocycles. The molecule has 2 saturated heterocycles. The highest BCUT2D eigenvalue weighted by Crippen LogP contribution is 2.30. The van der Waals surface area contributed by atoms with Crippen LogP contribution in [0.25, 0.3) is 0 Å². The number of amides is 1. The molecule has 0 aromatic rings. The largest absolute Gasteiger partial charge is 0.329 e. The van der Waals surface area contributed by atoms with Crippen LogP contribution >= 0.6 is 11.8 Å². The maximum atomic E-state index is 12.0. The standard InChI is InChI=1S/C10H18N2OS/c1-8-7-11-4-5-12(10(8)13)9-3-2-6-14-9/h8-9,11H,2-7H2,1H3. The van der Waals surface area contributed by atoms with Gasteiger partial charge >= 0.3 is 0 Å². The average Bonchev–Trinajstić information content (AvgIpc) is 2.64. The third kappa shape index (κ3) is 2.06. The summed E-state index contributed by atoms with van der Waals surface area (Å²) in [6.07, 6.45) is 2.45. The lowest BCUT2D eigenvalue weighted by Crippen LogP contribution is -2.40. The zero-order chi connectivity index (χ0) is 9.97. The van der Waals surface area contributed by atoms with Gasteiger partial charge in [0.25, 0.3) is 0 Å². The molecule has 0 saturated carbocycles. The molecule has 0 aromatic carbocycles. The number of thioether (sulfide) groups is 1. The van der Waals surface area contributed by atoms with Crippen molar-refractivity contribution in [2.45, 2.75) is 25.1 Å². The van der Waals surface area contributed by atoms with Crippen LogP contribution in [0, 0.1) is 5.92 Å². The third-order valence-electron chi connectivity index (χ3n) is 2.94. The summed E-state index contributed by atoms with van der Waals surface area (Å²) in [6.45, 7) is 4.70. The first kappa shape index (κ1) is 10.3. The van der Waals surface area contributed by atoms with Crippen LogP contribution in [0.5, 0.6) is 0 Å². The minimum atomic E-state index is 0.152. The Morgan fingerprint density at radius 3 is 3.14 bits per heavy atom. The number of carbonyl (C=O) groups is 1. The van der Waals surface area contributed by atoms with E-state index in [1.54, 1.807) is 0 Å². The van der Waals surface area contributed by atoms with Crippen molar-refractivity contribution in [1.82, 2.24) is 10.2 Å². The molecular weight excluding hydrogens is 196 g/mol. The molecule has 1 N–H and O–H groups in total. The molecule has 4 heteroatoms. The van der Waals surface area contributed by atoms with Gasteiger partial charge in [0.05, 0.1) is 5.37 Å². The van der Waals surface area contributed by atoms with Crippen LogP contribution in [0.3, 0.4) is 0 Å². The zero-order valence-corrected chi connectivity index (χ0v) is 9.48. The van der Waals surface area contributed by atoms with E-state index in [-0.39, 0.29) is 5.92 Å². The first-order valence-corrected chi connectivity index (χ1v) is 6.46. The Bertz CT molecular complexity index is 216. The molecule has 1 amide bonds. The van der Waals surface area contributed by atoms with E-state index in [0.29, 0.717) is 11.3 Å². The van der Waals surface area contributed by atoms with E-state index in [1.165, 1.54) is 18.6 Å². The van der Waals surface area contributed by atoms with E-state index >= 15 is 0 Å². The van der Waals surface area contributed by atoms with Gasteiger partial charge in [0.2, 0.25) is 5.91 Å². The van der Waals surface area contributed by atoms with E-state index < -0.39 is 0 Å². The van der Waals surface area contributed by atoms with Crippen molar-refractivity contribution in [3.05, 3.63) is 0 Å². The minimum Gasteiger partial charge on any atom is -0.329 e. The van der Waals surface area contributed by atoms with Crippen LogP contribution in [0.2, 0.25) is 0 Å². The first-order valence-electron chi connectivity index (χ1n) is 5.42. The lowest BCUT2D eigenvalue weighted by molar-refractivity contribution is -0.134. The van der Waals surface area contributed by atoms with E-state index in [4.69, 9.17) is 0 Å². The topological polar surface area (TPSA) is 32.3 Å². The fraction of sp³-hybridized carbons (Fsp3) is 0.900. The maximum absolute atomic E-state index is 12.0. The van der Waals surface area contributed by atoms with Crippen molar-refractivity contribution in [1.29, 1.82) is 0 Å². The van der Waals surface area contributed by atoms with Gasteiger partial charge in [-0.05, 0) is 18.6 Å². The normalized spacial score (nSPS) is 34.6. The summed E-state index contributed by atoms with van der Waals surface area (Å²) < 4.78 is 0. The van der Waals surface area contributed by atoms with Crippen LogP contribution in [-0.2, 0) is 4.79 Å². The van der Waals surface area contributed by atoms with Gasteiger partial charge < -0.3 is 10.2 Å². The van der Waals surface area contributed by atoms with E-state index in [9.17, 15) is 4.79 Å². The zero-order valence-electron chi connectivity index (χ0n) is 8.66. The molecule has 0 spiro atoms. The van der Waals surface area contributed by atoms with Gasteiger partial charge in [0.15, 0.2) is 0 Å². The van der Waals surface area contributed by atoms with Gasteiger partial charge in [0.1, 0.15) is 0 Å². The smallest absolute Gasteiger partial charge is 0.227 e. The molecule has 14 heavy (non-hydrogen) atoms. The summed E-state index contributed by atoms with van der Waals surface area (Å²) >= 11 is 1.94. The monoisotopic (exact) mass is 214 g/mol. The van der Waals surface area contributed by atoms with E-state index in [1.807, 2.05) is 18.7 Å². The lowest BCUT2D eigenvalue weighted by atomic mass is 10.1. The lowest BCUT2D eigenvalue weighted by Gasteiger charge is -2.28. The molecule has 2 heterocycles. The van der Waals surface area contributed by atoms with Crippen molar-refractivity contribution in [2.24, 2.45) is 5.92 Å². The Balaban J connectivity index is 2.03. The molecule has 3 nitrogen and oxygen atoms in total. The number of hydrogen-bond donors (Lipinski definition) is 1. The molecule has 2 fully saturated rings. The molecule has 2 rings (SSSR count). The van der Waals surface area contributed by atoms with Crippen molar-refractivity contribution >= 4 is 17.7 Å². The maximum Gasteiger partial charge on any atom is 0.227 e. The highest BCUT2D eigenvalue weighted by atomic mass is 32.2. The number of hydrogen-bond acceptors (Lipinski definition) is 3. The third-order valence-corrected chi connectivity index (χ3v) is 4.34. The van der Waals surface area contributed by atoms with Gasteiger partial charge in [-0.3, -0.25) is 4.79 Å². The van der Waals surface area contributed by atoms with Gasteiger partial charge in [0, 0.05) is 25.6 Å². The number of carbonyl (C=O) groups excluding carboxylic acids is 1. The molecule has 2 unspecified atom stereocenters. The molecule has 0 aliphatic carbocycles. The van der Waals surface area contributed by atoms with E-state index in [0.717, 1.165) is 19.6 Å². The molecule has 2 atom stereocenters. The Morgan fingerprint density at radius 2 is 2.43 bits per heavy atom. The summed E-state index contributed by atoms with van der Waals surface area (Å²) in [5.41, 5.74) is 0. The van der Waals surface area contributed by atoms with Crippen molar-refractivity contribution < 1.29 is 4.79 Å². The van der Waals surface area contributed by atoms with Crippen LogP contribution in [-0.4, -0.2) is 41.6 Å². The van der Waals surface area contributed by atoms with Gasteiger partial charge in [-0.25, -0.2) is 0 Å². The second-order valence-corrected chi connectivity index (χ2v) is 5.39. The predicted octanol–water partition coefficient (Wildman–Crippen LogP) is 0.907. The van der Waals surface area contributed by atoms with Crippen LogP contribution < -0.4 is 5.32 Å². The Kier molecular flexibility index (Phi) is 3.34. The Morgan fingerprint density at radius 1 is 1.57 bits per heavy atom. The summed E-state index contributed by atoms with van der Waals surface area (Å²) in [5.74, 6) is 1.71. The molecule has 80 valence electrons. The van der Waals surface area contributed by atoms with Crippen molar-refractivity contribution in [3.8, 4) is 0 Å². The summed E-state index contributed by atoms with van der Waals surface area (Å²) in [5, 5.41) is 3.77. The summed E-state index contributed by atoms with van der Waals surface area (Å²) in [7, 11) is 0. The average molecular weight is 214 g/mol. The molecular formula is C10H18N2OS. The number of nitrogens with zero attached hydrogens (tertiary/aromatic N) is 1. The minimum absolute atomic E-state index is 0.152. The fourth-order valence-corrected chi connectivity index (χ4v) is 3.42. The summed E-state index contributed by atoms with van der Waals surface area (Å²) in [6, 6.07) is 0. The SMILES string of the molecule is CC1CNCCN(C2CCCS2)C1=O. The highest BCUT2D eigenvalue weighted by molar-refractivity contribution is 8.00. The molecule has 2 aliphatic rings. The quantitative estimate of drug-likeness (QED) is 0.704. The molecule has 2 aliphatic heterocycles. The van der Waals surface area contributed by atoms with Crippen LogP contribution in [0.15, 0.2) is 0 Å². The van der Waals surface area contributed by atoms with Gasteiger partial charge in [-0.2, -0.15) is 0 Å². The highest BCUT2D eigenvalue weighted by Gasteiger charge is 2.30. The second-order valence-electron chi connectivity index (χ2n) is 4.10. The Labute approximate surface area is 89.6 Å². The molecule has 0 bridgehead atoms. The van der Waals surface area contributed by atoms with Gasteiger partial charge in [-0.15, -0.1) is 11.8 Å².